The SMILES string of the molecule is CCc1ccccc1N(CC(=O)Nc1ccc(S(=O)(=O)Nc2ccc(OC)cc2)cc1)S(=O)(=O)c1ccccc1. The van der Waals surface area contributed by atoms with E-state index in [4.69, 9.17) is 4.74 Å². The number of hydrogen-bond acceptors (Lipinski definition) is 6. The Balaban J connectivity index is 1.53. The summed E-state index contributed by atoms with van der Waals surface area (Å²) in [4.78, 5) is 13.1. The summed E-state index contributed by atoms with van der Waals surface area (Å²) in [5.41, 5.74) is 1.86. The van der Waals surface area contributed by atoms with Crippen LogP contribution < -0.4 is 19.1 Å². The van der Waals surface area contributed by atoms with Gasteiger partial charge in [-0.05, 0) is 78.7 Å². The molecule has 0 aliphatic carbocycles. The number of hydrogen-bond donors (Lipinski definition) is 2. The number of sulfonamides is 2. The second kappa shape index (κ2) is 12.2. The van der Waals surface area contributed by atoms with Crippen molar-refractivity contribution in [3.8, 4) is 5.75 Å². The smallest absolute Gasteiger partial charge is 0.264 e. The standard InChI is InChI=1S/C29H29N3O6S2/c1-3-22-9-7-8-12-28(22)32(40(36,37)27-10-5-4-6-11-27)21-29(33)30-23-15-19-26(20-16-23)39(34,35)31-24-13-17-25(38-2)18-14-24/h4-20,31H,3,21H2,1-2H3,(H,30,33). The van der Waals surface area contributed by atoms with Gasteiger partial charge < -0.3 is 10.1 Å². The van der Waals surface area contributed by atoms with Crippen LogP contribution in [0.4, 0.5) is 17.1 Å². The second-order valence-corrected chi connectivity index (χ2v) is 12.3. The Morgan fingerprint density at radius 1 is 0.750 bits per heavy atom. The van der Waals surface area contributed by atoms with Gasteiger partial charge in [-0.2, -0.15) is 0 Å². The van der Waals surface area contributed by atoms with Gasteiger partial charge in [0.25, 0.3) is 20.0 Å². The number of nitrogens with zero attached hydrogens (tertiary/aromatic N) is 1. The number of para-hydroxylation sites is 1. The molecule has 0 radical (unpaired) electrons. The first-order valence-corrected chi connectivity index (χ1v) is 15.3. The average Bonchev–Trinajstić information content (AvgIpc) is 2.97. The van der Waals surface area contributed by atoms with E-state index in [0.29, 0.717) is 29.2 Å². The van der Waals surface area contributed by atoms with E-state index in [1.54, 1.807) is 54.6 Å². The summed E-state index contributed by atoms with van der Waals surface area (Å²) in [6, 6.07) is 27.0. The summed E-state index contributed by atoms with van der Waals surface area (Å²) in [7, 11) is -6.42. The molecule has 4 aromatic rings. The first-order chi connectivity index (χ1) is 19.1. The van der Waals surface area contributed by atoms with Crippen LogP contribution >= 0.6 is 0 Å². The molecule has 208 valence electrons. The van der Waals surface area contributed by atoms with Crippen molar-refractivity contribution in [2.45, 2.75) is 23.1 Å². The largest absolute Gasteiger partial charge is 0.497 e. The Labute approximate surface area is 234 Å². The third-order valence-electron chi connectivity index (χ3n) is 6.05. The first kappa shape index (κ1) is 28.7. The van der Waals surface area contributed by atoms with Crippen molar-refractivity contribution in [2.75, 3.05) is 28.0 Å². The zero-order valence-electron chi connectivity index (χ0n) is 21.9. The highest BCUT2D eigenvalue weighted by molar-refractivity contribution is 7.93. The van der Waals surface area contributed by atoms with E-state index in [0.717, 1.165) is 9.87 Å². The minimum absolute atomic E-state index is 0.00790. The minimum atomic E-state index is -4.06. The zero-order chi connectivity index (χ0) is 28.8. The highest BCUT2D eigenvalue weighted by atomic mass is 32.2. The summed E-state index contributed by atoms with van der Waals surface area (Å²) >= 11 is 0. The number of rotatable bonds is 11. The number of ether oxygens (including phenoxy) is 1. The summed E-state index contributed by atoms with van der Waals surface area (Å²) in [5.74, 6) is 0.00809. The molecular formula is C29H29N3O6S2. The van der Waals surface area contributed by atoms with Crippen molar-refractivity contribution < 1.29 is 26.4 Å². The van der Waals surface area contributed by atoms with Crippen molar-refractivity contribution in [3.05, 3.63) is 109 Å². The maximum atomic E-state index is 13.6. The molecule has 0 aliphatic rings. The molecule has 0 saturated heterocycles. The molecule has 9 nitrogen and oxygen atoms in total. The highest BCUT2D eigenvalue weighted by Gasteiger charge is 2.28. The lowest BCUT2D eigenvalue weighted by Crippen LogP contribution is -2.38. The van der Waals surface area contributed by atoms with Gasteiger partial charge in [-0.1, -0.05) is 43.3 Å². The van der Waals surface area contributed by atoms with Gasteiger partial charge >= 0.3 is 0 Å². The van der Waals surface area contributed by atoms with Gasteiger partial charge in [0.05, 0.1) is 22.6 Å². The molecule has 40 heavy (non-hydrogen) atoms. The summed E-state index contributed by atoms with van der Waals surface area (Å²) in [6.45, 7) is 1.43. The Hall–Kier alpha value is -4.35. The molecule has 2 N–H and O–H groups in total. The number of aryl methyl sites for hydroxylation is 1. The van der Waals surface area contributed by atoms with Crippen LogP contribution in [0.1, 0.15) is 12.5 Å². The molecule has 1 amide bonds. The fraction of sp³-hybridized carbons (Fsp3) is 0.138. The van der Waals surface area contributed by atoms with Crippen molar-refractivity contribution in [1.82, 2.24) is 0 Å². The van der Waals surface area contributed by atoms with E-state index >= 15 is 0 Å². The Morgan fingerprint density at radius 2 is 1.35 bits per heavy atom. The monoisotopic (exact) mass is 579 g/mol. The fourth-order valence-electron chi connectivity index (χ4n) is 3.99. The number of amides is 1. The third-order valence-corrected chi connectivity index (χ3v) is 9.22. The second-order valence-electron chi connectivity index (χ2n) is 8.71. The maximum absolute atomic E-state index is 13.6. The molecule has 0 aromatic heterocycles. The normalized spacial score (nSPS) is 11.4. The van der Waals surface area contributed by atoms with Gasteiger partial charge in [-0.15, -0.1) is 0 Å². The van der Waals surface area contributed by atoms with Gasteiger partial charge in [0.2, 0.25) is 5.91 Å². The molecule has 0 spiro atoms. The molecule has 0 saturated carbocycles. The van der Waals surface area contributed by atoms with Gasteiger partial charge in [-0.3, -0.25) is 13.8 Å². The molecule has 0 heterocycles. The predicted octanol–water partition coefficient (Wildman–Crippen LogP) is 4.89. The fourth-order valence-corrected chi connectivity index (χ4v) is 6.53. The number of carbonyl (C=O) groups excluding carboxylic acids is 1. The van der Waals surface area contributed by atoms with Crippen LogP contribution in [-0.2, 0) is 31.3 Å². The van der Waals surface area contributed by atoms with Crippen LogP contribution in [0.5, 0.6) is 5.75 Å². The molecule has 4 aromatic carbocycles. The number of benzene rings is 4. The number of nitrogens with one attached hydrogen (secondary N) is 2. The number of anilines is 3. The van der Waals surface area contributed by atoms with Crippen molar-refractivity contribution in [1.29, 1.82) is 0 Å². The zero-order valence-corrected chi connectivity index (χ0v) is 23.6. The Kier molecular flexibility index (Phi) is 8.76. The van der Waals surface area contributed by atoms with Crippen LogP contribution in [0, 0.1) is 0 Å². The van der Waals surface area contributed by atoms with Crippen LogP contribution in [0.2, 0.25) is 0 Å². The lowest BCUT2D eigenvalue weighted by molar-refractivity contribution is -0.114. The van der Waals surface area contributed by atoms with Crippen LogP contribution in [0.3, 0.4) is 0 Å². The molecule has 11 heteroatoms. The minimum Gasteiger partial charge on any atom is -0.497 e. The topological polar surface area (TPSA) is 122 Å². The van der Waals surface area contributed by atoms with Gasteiger partial charge in [0.1, 0.15) is 12.3 Å². The number of carbonyl (C=O) groups is 1. The van der Waals surface area contributed by atoms with E-state index in [2.05, 4.69) is 10.0 Å². The van der Waals surface area contributed by atoms with Crippen molar-refractivity contribution in [2.24, 2.45) is 0 Å². The number of methoxy groups -OCH3 is 1. The van der Waals surface area contributed by atoms with E-state index in [1.807, 2.05) is 19.1 Å². The van der Waals surface area contributed by atoms with E-state index in [1.165, 1.54) is 43.5 Å². The van der Waals surface area contributed by atoms with E-state index in [9.17, 15) is 21.6 Å². The Bertz CT molecular complexity index is 1670. The molecule has 0 bridgehead atoms. The molecule has 0 aliphatic heterocycles. The summed E-state index contributed by atoms with van der Waals surface area (Å²) in [5, 5.41) is 2.67. The van der Waals surface area contributed by atoms with Crippen molar-refractivity contribution in [3.63, 3.8) is 0 Å². The Morgan fingerprint density at radius 3 is 1.98 bits per heavy atom. The summed E-state index contributed by atoms with van der Waals surface area (Å²) < 4.78 is 61.4. The molecule has 0 unspecified atom stereocenters. The predicted molar refractivity (Wildman–Crippen MR) is 156 cm³/mol. The maximum Gasteiger partial charge on any atom is 0.264 e. The third kappa shape index (κ3) is 6.61. The van der Waals surface area contributed by atoms with Gasteiger partial charge in [-0.25, -0.2) is 16.8 Å². The quantitative estimate of drug-likeness (QED) is 0.261. The molecule has 0 fully saturated rings. The van der Waals surface area contributed by atoms with E-state index < -0.39 is 32.5 Å². The van der Waals surface area contributed by atoms with Gasteiger partial charge in [0, 0.05) is 11.4 Å². The van der Waals surface area contributed by atoms with Gasteiger partial charge in [0.15, 0.2) is 0 Å². The molecular weight excluding hydrogens is 550 g/mol. The van der Waals surface area contributed by atoms with Crippen LogP contribution in [-0.4, -0.2) is 36.4 Å². The average molecular weight is 580 g/mol. The van der Waals surface area contributed by atoms with E-state index in [-0.39, 0.29) is 9.79 Å². The van der Waals surface area contributed by atoms with Crippen molar-refractivity contribution >= 4 is 43.0 Å². The highest BCUT2D eigenvalue weighted by Crippen LogP contribution is 2.28. The lowest BCUT2D eigenvalue weighted by atomic mass is 10.1. The summed E-state index contributed by atoms with van der Waals surface area (Å²) in [6.07, 6.45) is 0.569. The molecule has 0 atom stereocenters. The first-order valence-electron chi connectivity index (χ1n) is 12.4. The van der Waals surface area contributed by atoms with Crippen LogP contribution in [0.25, 0.3) is 0 Å². The lowest BCUT2D eigenvalue weighted by Gasteiger charge is -2.26. The van der Waals surface area contributed by atoms with Crippen LogP contribution in [0.15, 0.2) is 113 Å². The molecule has 4 rings (SSSR count).